The Hall–Kier alpha value is -2.54. The maximum atomic E-state index is 12.5. The fraction of sp³-hybridized carbons (Fsp3) is 0.300. The lowest BCUT2D eigenvalue weighted by atomic mass is 10.0. The third-order valence-electron chi connectivity index (χ3n) is 3.81. The largest absolute Gasteiger partial charge is 0.550 e. The molecule has 6 nitrogen and oxygen atoms in total. The van der Waals surface area contributed by atoms with Crippen LogP contribution in [0.4, 0.5) is 0 Å². The molecule has 0 heterocycles. The van der Waals surface area contributed by atoms with Crippen molar-refractivity contribution < 1.29 is 24.2 Å². The number of carboxylic acid groups (broad SMARTS) is 1. The van der Waals surface area contributed by atoms with Gasteiger partial charge in [0, 0.05) is 22.4 Å². The van der Waals surface area contributed by atoms with Crippen molar-refractivity contribution in [3.05, 3.63) is 58.1 Å². The smallest absolute Gasteiger partial charge is 0.251 e. The van der Waals surface area contributed by atoms with Gasteiger partial charge in [0.15, 0.2) is 11.5 Å². The molecule has 0 aliphatic rings. The molecule has 2 aromatic carbocycles. The van der Waals surface area contributed by atoms with Gasteiger partial charge in [0.25, 0.3) is 5.91 Å². The summed E-state index contributed by atoms with van der Waals surface area (Å²) in [5, 5.41) is 13.9. The Morgan fingerprint density at radius 3 is 2.59 bits per heavy atom. The van der Waals surface area contributed by atoms with E-state index in [4.69, 9.17) is 9.47 Å². The number of nitrogens with one attached hydrogen (secondary N) is 1. The Balaban J connectivity index is 2.27. The molecule has 0 aliphatic carbocycles. The van der Waals surface area contributed by atoms with Crippen LogP contribution < -0.4 is 19.9 Å². The lowest BCUT2D eigenvalue weighted by molar-refractivity contribution is -0.306. The van der Waals surface area contributed by atoms with Gasteiger partial charge in [-0.2, -0.15) is 0 Å². The second-order valence-corrected chi connectivity index (χ2v) is 6.79. The first-order valence-corrected chi connectivity index (χ1v) is 9.31. The quantitative estimate of drug-likeness (QED) is 0.655. The van der Waals surface area contributed by atoms with E-state index in [0.29, 0.717) is 29.2 Å². The van der Waals surface area contributed by atoms with E-state index in [9.17, 15) is 14.7 Å². The molecule has 0 radical (unpaired) electrons. The van der Waals surface area contributed by atoms with Crippen molar-refractivity contribution in [1.29, 1.82) is 0 Å². The van der Waals surface area contributed by atoms with Gasteiger partial charge >= 0.3 is 0 Å². The highest BCUT2D eigenvalue weighted by Gasteiger charge is 2.18. The molecule has 0 saturated carbocycles. The topological polar surface area (TPSA) is 87.7 Å². The molecule has 0 saturated heterocycles. The van der Waals surface area contributed by atoms with Crippen molar-refractivity contribution in [3.63, 3.8) is 0 Å². The van der Waals surface area contributed by atoms with E-state index in [2.05, 4.69) is 21.2 Å². The number of hydrogen-bond acceptors (Lipinski definition) is 5. The highest BCUT2D eigenvalue weighted by molar-refractivity contribution is 9.10. The molecular formula is C20H21BrNO5-. The monoisotopic (exact) mass is 434 g/mol. The molecule has 144 valence electrons. The minimum atomic E-state index is -1.26. The molecule has 1 atom stereocenters. The van der Waals surface area contributed by atoms with Crippen LogP contribution in [0.15, 0.2) is 46.9 Å². The summed E-state index contributed by atoms with van der Waals surface area (Å²) in [5.41, 5.74) is 1.01. The molecule has 0 aromatic heterocycles. The average Bonchev–Trinajstić information content (AvgIpc) is 2.65. The molecule has 7 heteroatoms. The first kappa shape index (κ1) is 20.8. The summed E-state index contributed by atoms with van der Waals surface area (Å²) in [6.07, 6.45) is 0.485. The van der Waals surface area contributed by atoms with Gasteiger partial charge in [0.05, 0.1) is 19.8 Å². The van der Waals surface area contributed by atoms with Gasteiger partial charge in [0.1, 0.15) is 0 Å². The van der Waals surface area contributed by atoms with Crippen LogP contribution in [0.5, 0.6) is 11.5 Å². The van der Waals surface area contributed by atoms with Crippen LogP contribution in [0.25, 0.3) is 0 Å². The molecule has 1 unspecified atom stereocenters. The van der Waals surface area contributed by atoms with Gasteiger partial charge in [-0.3, -0.25) is 4.79 Å². The van der Waals surface area contributed by atoms with Crippen molar-refractivity contribution in [3.8, 4) is 11.5 Å². The van der Waals surface area contributed by atoms with Crippen molar-refractivity contribution in [1.82, 2.24) is 5.32 Å². The third kappa shape index (κ3) is 5.99. The average molecular weight is 435 g/mol. The van der Waals surface area contributed by atoms with Crippen LogP contribution in [0.3, 0.4) is 0 Å². The number of hydrogen-bond donors (Lipinski definition) is 1. The third-order valence-corrected chi connectivity index (χ3v) is 4.31. The number of carbonyl (C=O) groups excluding carboxylic acids is 2. The molecule has 1 amide bonds. The van der Waals surface area contributed by atoms with Crippen LogP contribution in [-0.4, -0.2) is 25.6 Å². The molecular weight excluding hydrogens is 414 g/mol. The summed E-state index contributed by atoms with van der Waals surface area (Å²) in [4.78, 5) is 23.7. The highest BCUT2D eigenvalue weighted by atomic mass is 79.9. The van der Waals surface area contributed by atoms with Crippen LogP contribution in [0, 0.1) is 0 Å². The Morgan fingerprint density at radius 2 is 1.96 bits per heavy atom. The van der Waals surface area contributed by atoms with E-state index < -0.39 is 12.0 Å². The predicted octanol–water partition coefficient (Wildman–Crippen LogP) is 2.86. The normalized spacial score (nSPS) is 11.5. The fourth-order valence-corrected chi connectivity index (χ4v) is 2.92. The lowest BCUT2D eigenvalue weighted by Crippen LogP contribution is -2.34. The van der Waals surface area contributed by atoms with Gasteiger partial charge in [-0.25, -0.2) is 0 Å². The zero-order chi connectivity index (χ0) is 19.8. The number of rotatable bonds is 9. The van der Waals surface area contributed by atoms with Gasteiger partial charge in [-0.1, -0.05) is 35.0 Å². The van der Waals surface area contributed by atoms with Gasteiger partial charge < -0.3 is 24.7 Å². The van der Waals surface area contributed by atoms with Gasteiger partial charge in [-0.05, 0) is 42.3 Å². The van der Waals surface area contributed by atoms with Crippen LogP contribution >= 0.6 is 15.9 Å². The molecule has 0 aliphatic heterocycles. The number of aliphatic carboxylic acids is 1. The summed E-state index contributed by atoms with van der Waals surface area (Å²) in [5.74, 6) is -0.609. The predicted molar refractivity (Wildman–Crippen MR) is 103 cm³/mol. The Kier molecular flexibility index (Phi) is 7.67. The van der Waals surface area contributed by atoms with E-state index >= 15 is 0 Å². The number of methoxy groups -OCH3 is 1. The second kappa shape index (κ2) is 9.97. The summed E-state index contributed by atoms with van der Waals surface area (Å²) in [7, 11) is 1.51. The molecule has 0 bridgehead atoms. The zero-order valence-electron chi connectivity index (χ0n) is 15.2. The standard InChI is InChI=1S/C20H22BrNO5/c1-3-9-27-17-8-7-13(11-18(17)26-2)16(12-19(23)24)22-20(25)14-5-4-6-15(21)10-14/h4-8,10-11,16H,3,9,12H2,1-2H3,(H,22,25)(H,23,24)/p-1. The SMILES string of the molecule is CCCOc1ccc(C(CC(=O)[O-])NC(=O)c2cccc(Br)c2)cc1OC. The Bertz CT molecular complexity index is 809. The fourth-order valence-electron chi connectivity index (χ4n) is 2.52. The van der Waals surface area contributed by atoms with Crippen LogP contribution in [0.1, 0.15) is 41.7 Å². The molecule has 0 fully saturated rings. The molecule has 27 heavy (non-hydrogen) atoms. The number of amides is 1. The molecule has 2 aromatic rings. The van der Waals surface area contributed by atoms with Crippen molar-refractivity contribution in [2.24, 2.45) is 0 Å². The Labute approximate surface area is 166 Å². The maximum absolute atomic E-state index is 12.5. The number of carboxylic acids is 1. The summed E-state index contributed by atoms with van der Waals surface area (Å²) in [6, 6.07) is 11.2. The van der Waals surface area contributed by atoms with Crippen molar-refractivity contribution >= 4 is 27.8 Å². The van der Waals surface area contributed by atoms with Crippen molar-refractivity contribution in [2.75, 3.05) is 13.7 Å². The molecule has 2 rings (SSSR count). The summed E-state index contributed by atoms with van der Waals surface area (Å²) < 4.78 is 11.7. The first-order chi connectivity index (χ1) is 12.9. The minimum absolute atomic E-state index is 0.363. The number of halogens is 1. The van der Waals surface area contributed by atoms with E-state index in [1.807, 2.05) is 6.92 Å². The Morgan fingerprint density at radius 1 is 1.19 bits per heavy atom. The molecule has 0 spiro atoms. The van der Waals surface area contributed by atoms with Crippen molar-refractivity contribution in [2.45, 2.75) is 25.8 Å². The van der Waals surface area contributed by atoms with Gasteiger partial charge in [-0.15, -0.1) is 0 Å². The van der Waals surface area contributed by atoms with E-state index in [1.54, 1.807) is 42.5 Å². The maximum Gasteiger partial charge on any atom is 0.251 e. The second-order valence-electron chi connectivity index (χ2n) is 5.87. The van der Waals surface area contributed by atoms with E-state index in [1.165, 1.54) is 7.11 Å². The summed E-state index contributed by atoms with van der Waals surface area (Å²) in [6.45, 7) is 2.53. The van der Waals surface area contributed by atoms with E-state index in [-0.39, 0.29) is 12.3 Å². The molecule has 1 N–H and O–H groups in total. The first-order valence-electron chi connectivity index (χ1n) is 8.51. The number of carbonyl (C=O) groups is 2. The number of ether oxygens (including phenoxy) is 2. The van der Waals surface area contributed by atoms with Crippen LogP contribution in [0.2, 0.25) is 0 Å². The zero-order valence-corrected chi connectivity index (χ0v) is 16.7. The highest BCUT2D eigenvalue weighted by Crippen LogP contribution is 2.31. The minimum Gasteiger partial charge on any atom is -0.550 e. The lowest BCUT2D eigenvalue weighted by Gasteiger charge is -2.21. The van der Waals surface area contributed by atoms with Crippen LogP contribution in [-0.2, 0) is 4.79 Å². The van der Waals surface area contributed by atoms with Gasteiger partial charge in [0.2, 0.25) is 0 Å². The number of benzene rings is 2. The van der Waals surface area contributed by atoms with E-state index in [0.717, 1.165) is 10.9 Å². The summed E-state index contributed by atoms with van der Waals surface area (Å²) >= 11 is 3.31.